The third-order valence-electron chi connectivity index (χ3n) is 2.68. The van der Waals surface area contributed by atoms with E-state index in [2.05, 4.69) is 36.2 Å². The Balaban J connectivity index is 2.03. The quantitative estimate of drug-likeness (QED) is 0.838. The Bertz CT molecular complexity index is 395. The van der Waals surface area contributed by atoms with E-state index >= 15 is 0 Å². The summed E-state index contributed by atoms with van der Waals surface area (Å²) in [6.45, 7) is 2.82. The summed E-state index contributed by atoms with van der Waals surface area (Å²) in [6.07, 6.45) is 5.59. The van der Waals surface area contributed by atoms with Crippen LogP contribution in [-0.2, 0) is 13.0 Å². The fourth-order valence-electron chi connectivity index (χ4n) is 1.66. The zero-order valence-electron chi connectivity index (χ0n) is 9.37. The van der Waals surface area contributed by atoms with Crippen molar-refractivity contribution in [3.63, 3.8) is 0 Å². The van der Waals surface area contributed by atoms with Crippen LogP contribution in [0, 0.1) is 0 Å². The highest BCUT2D eigenvalue weighted by molar-refractivity contribution is 5.71. The second-order valence-corrected chi connectivity index (χ2v) is 3.83. The SMILES string of the molecule is CCc1ccc(CN2C=CC=NC2O)cc1. The molecule has 1 unspecified atom stereocenters. The molecule has 3 nitrogen and oxygen atoms in total. The van der Waals surface area contributed by atoms with Crippen LogP contribution in [0.15, 0.2) is 41.5 Å². The molecule has 1 aromatic rings. The van der Waals surface area contributed by atoms with Crippen LogP contribution in [0.5, 0.6) is 0 Å². The first-order valence-electron chi connectivity index (χ1n) is 5.51. The second-order valence-electron chi connectivity index (χ2n) is 3.83. The summed E-state index contributed by atoms with van der Waals surface area (Å²) in [6, 6.07) is 8.44. The van der Waals surface area contributed by atoms with E-state index in [0.29, 0.717) is 6.54 Å². The molecule has 0 amide bonds. The molecule has 1 heterocycles. The lowest BCUT2D eigenvalue weighted by molar-refractivity contribution is 0.0395. The number of rotatable bonds is 3. The first-order chi connectivity index (χ1) is 7.79. The molecule has 0 radical (unpaired) electrons. The predicted molar refractivity (Wildman–Crippen MR) is 65.0 cm³/mol. The third kappa shape index (κ3) is 2.49. The van der Waals surface area contributed by atoms with Crippen LogP contribution < -0.4 is 0 Å². The lowest BCUT2D eigenvalue weighted by atomic mass is 10.1. The van der Waals surface area contributed by atoms with Crippen molar-refractivity contribution in [1.29, 1.82) is 0 Å². The van der Waals surface area contributed by atoms with E-state index in [1.54, 1.807) is 11.1 Å². The van der Waals surface area contributed by atoms with Crippen LogP contribution in [0.2, 0.25) is 0 Å². The number of aryl methyl sites for hydroxylation is 1. The monoisotopic (exact) mass is 216 g/mol. The summed E-state index contributed by atoms with van der Waals surface area (Å²) in [7, 11) is 0. The minimum atomic E-state index is -0.754. The van der Waals surface area contributed by atoms with E-state index in [1.807, 2.05) is 12.3 Å². The molecule has 0 bridgehead atoms. The van der Waals surface area contributed by atoms with Crippen molar-refractivity contribution in [2.45, 2.75) is 26.2 Å². The molecule has 1 aliphatic heterocycles. The van der Waals surface area contributed by atoms with Gasteiger partial charge >= 0.3 is 0 Å². The average Bonchev–Trinajstić information content (AvgIpc) is 2.33. The molecule has 1 aromatic carbocycles. The number of allylic oxidation sites excluding steroid dienone is 1. The molecule has 0 aromatic heterocycles. The Morgan fingerprint density at radius 3 is 2.56 bits per heavy atom. The van der Waals surface area contributed by atoms with Gasteiger partial charge in [-0.25, -0.2) is 4.99 Å². The molecule has 2 rings (SSSR count). The molecule has 1 atom stereocenters. The van der Waals surface area contributed by atoms with E-state index in [-0.39, 0.29) is 0 Å². The van der Waals surface area contributed by atoms with Gasteiger partial charge in [-0.1, -0.05) is 31.2 Å². The number of aliphatic hydroxyl groups is 1. The highest BCUT2D eigenvalue weighted by Gasteiger charge is 2.11. The number of nitrogens with zero attached hydrogens (tertiary/aromatic N) is 2. The standard InChI is InChI=1S/C13H16N2O/c1-2-11-4-6-12(7-5-11)10-15-9-3-8-14-13(15)16/h3-9,13,16H,2,10H2,1H3. The van der Waals surface area contributed by atoms with Crippen molar-refractivity contribution in [3.05, 3.63) is 47.7 Å². The lowest BCUT2D eigenvalue weighted by Crippen LogP contribution is -2.30. The fourth-order valence-corrected chi connectivity index (χ4v) is 1.66. The van der Waals surface area contributed by atoms with Gasteiger partial charge in [-0.15, -0.1) is 0 Å². The van der Waals surface area contributed by atoms with E-state index in [4.69, 9.17) is 0 Å². The summed E-state index contributed by atoms with van der Waals surface area (Å²) in [5.74, 6) is 0. The van der Waals surface area contributed by atoms with Crippen LogP contribution in [0.25, 0.3) is 0 Å². The molecule has 0 aliphatic carbocycles. The van der Waals surface area contributed by atoms with Crippen molar-refractivity contribution in [1.82, 2.24) is 4.90 Å². The molecular weight excluding hydrogens is 200 g/mol. The average molecular weight is 216 g/mol. The highest BCUT2D eigenvalue weighted by Crippen LogP contribution is 2.12. The zero-order chi connectivity index (χ0) is 11.4. The molecule has 1 aliphatic rings. The minimum absolute atomic E-state index is 0.680. The number of hydrogen-bond donors (Lipinski definition) is 1. The maximum atomic E-state index is 9.61. The van der Waals surface area contributed by atoms with Crippen molar-refractivity contribution >= 4 is 6.21 Å². The van der Waals surface area contributed by atoms with Crippen molar-refractivity contribution < 1.29 is 5.11 Å². The van der Waals surface area contributed by atoms with Crippen LogP contribution in [-0.4, -0.2) is 22.6 Å². The Labute approximate surface area is 95.7 Å². The summed E-state index contributed by atoms with van der Waals surface area (Å²) in [5, 5.41) is 9.61. The Hall–Kier alpha value is -1.61. The molecule has 16 heavy (non-hydrogen) atoms. The number of aliphatic imine (C=N–C) groups is 1. The first-order valence-corrected chi connectivity index (χ1v) is 5.51. The van der Waals surface area contributed by atoms with Gasteiger partial charge in [-0.05, 0) is 23.6 Å². The molecule has 0 fully saturated rings. The maximum Gasteiger partial charge on any atom is 0.225 e. The maximum absolute atomic E-state index is 9.61. The molecule has 3 heteroatoms. The third-order valence-corrected chi connectivity index (χ3v) is 2.68. The topological polar surface area (TPSA) is 35.8 Å². The van der Waals surface area contributed by atoms with E-state index in [1.165, 1.54) is 11.1 Å². The summed E-state index contributed by atoms with van der Waals surface area (Å²) >= 11 is 0. The molecule has 0 saturated heterocycles. The molecule has 1 N–H and O–H groups in total. The van der Waals surface area contributed by atoms with Gasteiger partial charge in [0.15, 0.2) is 0 Å². The van der Waals surface area contributed by atoms with Crippen molar-refractivity contribution in [2.75, 3.05) is 0 Å². The van der Waals surface area contributed by atoms with Gasteiger partial charge in [-0.2, -0.15) is 0 Å². The summed E-state index contributed by atoms with van der Waals surface area (Å²) in [5.41, 5.74) is 2.51. The van der Waals surface area contributed by atoms with Gasteiger partial charge in [0.1, 0.15) is 0 Å². The van der Waals surface area contributed by atoms with Crippen LogP contribution in [0.1, 0.15) is 18.1 Å². The minimum Gasteiger partial charge on any atom is -0.355 e. The van der Waals surface area contributed by atoms with Crippen LogP contribution >= 0.6 is 0 Å². The molecule has 0 saturated carbocycles. The first kappa shape index (κ1) is 10.9. The Morgan fingerprint density at radius 1 is 1.25 bits per heavy atom. The number of benzene rings is 1. The number of hydrogen-bond acceptors (Lipinski definition) is 3. The Morgan fingerprint density at radius 2 is 1.94 bits per heavy atom. The van der Waals surface area contributed by atoms with E-state index < -0.39 is 6.35 Å². The molecule has 84 valence electrons. The molecule has 0 spiro atoms. The van der Waals surface area contributed by atoms with Gasteiger partial charge in [0.25, 0.3) is 0 Å². The number of aliphatic hydroxyl groups excluding tert-OH is 1. The van der Waals surface area contributed by atoms with Crippen molar-refractivity contribution in [3.8, 4) is 0 Å². The molecular formula is C13H16N2O. The van der Waals surface area contributed by atoms with Crippen LogP contribution in [0.4, 0.5) is 0 Å². The normalized spacial score (nSPS) is 19.1. The predicted octanol–water partition coefficient (Wildman–Crippen LogP) is 1.93. The van der Waals surface area contributed by atoms with Crippen LogP contribution in [0.3, 0.4) is 0 Å². The summed E-state index contributed by atoms with van der Waals surface area (Å²) in [4.78, 5) is 5.70. The van der Waals surface area contributed by atoms with Gasteiger partial charge in [0, 0.05) is 19.0 Å². The second kappa shape index (κ2) is 4.94. The zero-order valence-corrected chi connectivity index (χ0v) is 9.37. The van der Waals surface area contributed by atoms with Gasteiger partial charge in [0.05, 0.1) is 0 Å². The summed E-state index contributed by atoms with van der Waals surface area (Å²) < 4.78 is 0. The van der Waals surface area contributed by atoms with Gasteiger partial charge in [0.2, 0.25) is 6.35 Å². The van der Waals surface area contributed by atoms with Gasteiger partial charge in [-0.3, -0.25) is 0 Å². The highest BCUT2D eigenvalue weighted by atomic mass is 16.3. The van der Waals surface area contributed by atoms with Crippen molar-refractivity contribution in [2.24, 2.45) is 4.99 Å². The van der Waals surface area contributed by atoms with Gasteiger partial charge < -0.3 is 10.0 Å². The lowest BCUT2D eigenvalue weighted by Gasteiger charge is -2.25. The van der Waals surface area contributed by atoms with E-state index in [9.17, 15) is 5.11 Å². The largest absolute Gasteiger partial charge is 0.355 e. The fraction of sp³-hybridized carbons (Fsp3) is 0.308. The smallest absolute Gasteiger partial charge is 0.225 e. The van der Waals surface area contributed by atoms with E-state index in [0.717, 1.165) is 6.42 Å². The Kier molecular flexibility index (Phi) is 3.37.